The predicted octanol–water partition coefficient (Wildman–Crippen LogP) is 7.29. The normalized spacial score (nSPS) is 12.8. The molecule has 0 aliphatic rings. The van der Waals surface area contributed by atoms with E-state index in [1.165, 1.54) is 41.5 Å². The molecule has 0 heterocycles. The molecule has 1 aromatic carbocycles. The Balaban J connectivity index is 2.74. The SMILES string of the molecule is C=CCCC/C=C(\C)c1cccc(/C(C)=C/CCC(C)C)c1. The van der Waals surface area contributed by atoms with Gasteiger partial charge in [0, 0.05) is 0 Å². The van der Waals surface area contributed by atoms with Crippen LogP contribution in [0.5, 0.6) is 0 Å². The van der Waals surface area contributed by atoms with Gasteiger partial charge in [-0.15, -0.1) is 6.58 Å². The number of unbranched alkanes of at least 4 members (excludes halogenated alkanes) is 2. The molecule has 0 spiro atoms. The van der Waals surface area contributed by atoms with Crippen LogP contribution >= 0.6 is 0 Å². The van der Waals surface area contributed by atoms with Gasteiger partial charge in [-0.25, -0.2) is 0 Å². The summed E-state index contributed by atoms with van der Waals surface area (Å²) >= 11 is 0. The average Bonchev–Trinajstić information content (AvgIpc) is 2.51. The quantitative estimate of drug-likeness (QED) is 0.331. The van der Waals surface area contributed by atoms with E-state index in [-0.39, 0.29) is 0 Å². The van der Waals surface area contributed by atoms with Crippen molar-refractivity contribution in [3.63, 3.8) is 0 Å². The average molecular weight is 296 g/mol. The first-order valence-corrected chi connectivity index (χ1v) is 8.59. The Labute approximate surface area is 137 Å². The van der Waals surface area contributed by atoms with E-state index < -0.39 is 0 Å². The van der Waals surface area contributed by atoms with Crippen molar-refractivity contribution in [1.82, 2.24) is 0 Å². The highest BCUT2D eigenvalue weighted by Gasteiger charge is 2.00. The van der Waals surface area contributed by atoms with Crippen LogP contribution in [-0.4, -0.2) is 0 Å². The van der Waals surface area contributed by atoms with Gasteiger partial charge in [-0.2, -0.15) is 0 Å². The molecule has 0 aliphatic heterocycles. The topological polar surface area (TPSA) is 0 Å². The highest BCUT2D eigenvalue weighted by atomic mass is 14.1. The summed E-state index contributed by atoms with van der Waals surface area (Å²) in [6.07, 6.45) is 12.6. The Kier molecular flexibility index (Phi) is 8.58. The Bertz CT molecular complexity index is 515. The van der Waals surface area contributed by atoms with Gasteiger partial charge in [-0.3, -0.25) is 0 Å². The molecule has 0 N–H and O–H groups in total. The number of rotatable bonds is 9. The molecule has 0 aromatic heterocycles. The molecule has 22 heavy (non-hydrogen) atoms. The maximum absolute atomic E-state index is 3.77. The first kappa shape index (κ1) is 18.5. The summed E-state index contributed by atoms with van der Waals surface area (Å²) in [5.74, 6) is 0.774. The lowest BCUT2D eigenvalue weighted by Gasteiger charge is -2.08. The molecular formula is C22H32. The smallest absolute Gasteiger partial charge is 0.0224 e. The van der Waals surface area contributed by atoms with Gasteiger partial charge in [0.2, 0.25) is 0 Å². The zero-order valence-electron chi connectivity index (χ0n) is 14.9. The minimum absolute atomic E-state index is 0.774. The first-order chi connectivity index (χ1) is 10.5. The van der Waals surface area contributed by atoms with Crippen molar-refractivity contribution in [3.8, 4) is 0 Å². The van der Waals surface area contributed by atoms with Gasteiger partial charge < -0.3 is 0 Å². The predicted molar refractivity (Wildman–Crippen MR) is 102 cm³/mol. The van der Waals surface area contributed by atoms with Gasteiger partial charge in [0.25, 0.3) is 0 Å². The standard InChI is InChI=1S/C22H32/c1-6-7-8-9-13-19(4)21-15-11-16-22(17-21)20(5)14-10-12-18(2)3/h6,11,13-18H,1,7-10,12H2,2-5H3/b19-13+,20-14+. The van der Waals surface area contributed by atoms with Gasteiger partial charge >= 0.3 is 0 Å². The van der Waals surface area contributed by atoms with Crippen LogP contribution in [-0.2, 0) is 0 Å². The monoisotopic (exact) mass is 296 g/mol. The van der Waals surface area contributed by atoms with Gasteiger partial charge in [-0.1, -0.05) is 50.3 Å². The van der Waals surface area contributed by atoms with E-state index in [4.69, 9.17) is 0 Å². The minimum atomic E-state index is 0.774. The van der Waals surface area contributed by atoms with Crippen LogP contribution in [0.4, 0.5) is 0 Å². The van der Waals surface area contributed by atoms with E-state index in [1.807, 2.05) is 6.08 Å². The summed E-state index contributed by atoms with van der Waals surface area (Å²) in [6.45, 7) is 12.8. The van der Waals surface area contributed by atoms with E-state index in [1.54, 1.807) is 0 Å². The van der Waals surface area contributed by atoms with Crippen molar-refractivity contribution < 1.29 is 0 Å². The molecule has 0 amide bonds. The summed E-state index contributed by atoms with van der Waals surface area (Å²) in [6, 6.07) is 8.92. The summed E-state index contributed by atoms with van der Waals surface area (Å²) in [5.41, 5.74) is 5.45. The molecule has 0 aliphatic carbocycles. The molecular weight excluding hydrogens is 264 g/mol. The lowest BCUT2D eigenvalue weighted by Crippen LogP contribution is -1.87. The van der Waals surface area contributed by atoms with Crippen molar-refractivity contribution in [2.24, 2.45) is 5.92 Å². The van der Waals surface area contributed by atoms with E-state index in [0.29, 0.717) is 0 Å². The molecule has 0 saturated carbocycles. The fraction of sp³-hybridized carbons (Fsp3) is 0.455. The second kappa shape index (κ2) is 10.2. The molecule has 120 valence electrons. The molecule has 0 nitrogen and oxygen atoms in total. The molecule has 0 radical (unpaired) electrons. The van der Waals surface area contributed by atoms with E-state index >= 15 is 0 Å². The number of benzene rings is 1. The van der Waals surface area contributed by atoms with Crippen molar-refractivity contribution in [1.29, 1.82) is 0 Å². The molecule has 0 unspecified atom stereocenters. The van der Waals surface area contributed by atoms with Crippen molar-refractivity contribution in [3.05, 3.63) is 60.2 Å². The largest absolute Gasteiger partial charge is 0.103 e. The van der Waals surface area contributed by atoms with Crippen LogP contribution in [0.3, 0.4) is 0 Å². The number of allylic oxidation sites excluding steroid dienone is 5. The first-order valence-electron chi connectivity index (χ1n) is 8.59. The molecule has 0 fully saturated rings. The van der Waals surface area contributed by atoms with E-state index in [9.17, 15) is 0 Å². The lowest BCUT2D eigenvalue weighted by molar-refractivity contribution is 0.594. The van der Waals surface area contributed by atoms with Crippen LogP contribution in [0.2, 0.25) is 0 Å². The molecule has 0 saturated heterocycles. The Hall–Kier alpha value is -1.56. The summed E-state index contributed by atoms with van der Waals surface area (Å²) < 4.78 is 0. The minimum Gasteiger partial charge on any atom is -0.103 e. The molecule has 1 rings (SSSR count). The summed E-state index contributed by atoms with van der Waals surface area (Å²) in [5, 5.41) is 0. The van der Waals surface area contributed by atoms with Crippen molar-refractivity contribution in [2.45, 2.75) is 59.8 Å². The number of hydrogen-bond acceptors (Lipinski definition) is 0. The molecule has 0 heteroatoms. The zero-order chi connectivity index (χ0) is 16.4. The van der Waals surface area contributed by atoms with Crippen molar-refractivity contribution in [2.75, 3.05) is 0 Å². The Morgan fingerprint density at radius 3 is 2.14 bits per heavy atom. The van der Waals surface area contributed by atoms with Gasteiger partial charge in [0.1, 0.15) is 0 Å². The van der Waals surface area contributed by atoms with Crippen LogP contribution < -0.4 is 0 Å². The Morgan fingerprint density at radius 1 is 1.00 bits per heavy atom. The highest BCUT2D eigenvalue weighted by molar-refractivity contribution is 5.70. The lowest BCUT2D eigenvalue weighted by atomic mass is 9.98. The van der Waals surface area contributed by atoms with Crippen LogP contribution in [0.1, 0.15) is 70.9 Å². The second-order valence-electron chi connectivity index (χ2n) is 6.55. The zero-order valence-corrected chi connectivity index (χ0v) is 14.9. The third-order valence-electron chi connectivity index (χ3n) is 4.03. The molecule has 0 atom stereocenters. The fourth-order valence-electron chi connectivity index (χ4n) is 2.46. The third-order valence-corrected chi connectivity index (χ3v) is 4.03. The van der Waals surface area contributed by atoms with Gasteiger partial charge in [0.05, 0.1) is 0 Å². The van der Waals surface area contributed by atoms with E-state index in [0.717, 1.165) is 18.8 Å². The van der Waals surface area contributed by atoms with E-state index in [2.05, 4.69) is 70.7 Å². The summed E-state index contributed by atoms with van der Waals surface area (Å²) in [4.78, 5) is 0. The van der Waals surface area contributed by atoms with Gasteiger partial charge in [-0.05, 0) is 80.2 Å². The second-order valence-corrected chi connectivity index (χ2v) is 6.55. The van der Waals surface area contributed by atoms with Crippen molar-refractivity contribution >= 4 is 11.1 Å². The highest BCUT2D eigenvalue weighted by Crippen LogP contribution is 2.22. The van der Waals surface area contributed by atoms with Crippen LogP contribution in [0.15, 0.2) is 49.1 Å². The molecule has 0 bridgehead atoms. The van der Waals surface area contributed by atoms with Crippen LogP contribution in [0.25, 0.3) is 11.1 Å². The number of hydrogen-bond donors (Lipinski definition) is 0. The Morgan fingerprint density at radius 2 is 1.59 bits per heavy atom. The third kappa shape index (κ3) is 6.93. The summed E-state index contributed by atoms with van der Waals surface area (Å²) in [7, 11) is 0. The maximum atomic E-state index is 3.77. The molecule has 1 aromatic rings. The fourth-order valence-corrected chi connectivity index (χ4v) is 2.46. The maximum Gasteiger partial charge on any atom is -0.0224 e. The van der Waals surface area contributed by atoms with Crippen LogP contribution in [0, 0.1) is 5.92 Å². The van der Waals surface area contributed by atoms with Gasteiger partial charge in [0.15, 0.2) is 0 Å².